The van der Waals surface area contributed by atoms with Crippen LogP contribution in [0.15, 0.2) is 54.6 Å². The van der Waals surface area contributed by atoms with Gasteiger partial charge in [-0.15, -0.1) is 0 Å². The monoisotopic (exact) mass is 336 g/mol. The molecule has 25 heavy (non-hydrogen) atoms. The molecule has 0 atom stereocenters. The highest BCUT2D eigenvalue weighted by Crippen LogP contribution is 2.41. The summed E-state index contributed by atoms with van der Waals surface area (Å²) in [5, 5.41) is 0. The van der Waals surface area contributed by atoms with E-state index in [2.05, 4.69) is 52.0 Å². The third kappa shape index (κ3) is 3.65. The van der Waals surface area contributed by atoms with Crippen molar-refractivity contribution in [2.24, 2.45) is 0 Å². The molecule has 1 heterocycles. The summed E-state index contributed by atoms with van der Waals surface area (Å²) in [4.78, 5) is 0. The first-order chi connectivity index (χ1) is 11.8. The number of methoxy groups -OCH3 is 1. The highest BCUT2D eigenvalue weighted by atomic mass is 16.7. The van der Waals surface area contributed by atoms with E-state index < -0.39 is 7.12 Å². The van der Waals surface area contributed by atoms with Gasteiger partial charge in [-0.25, -0.2) is 0 Å². The molecule has 0 amide bonds. The molecule has 1 aliphatic rings. The molecule has 3 nitrogen and oxygen atoms in total. The minimum absolute atomic E-state index is 0.375. The quantitative estimate of drug-likeness (QED) is 0.589. The summed E-state index contributed by atoms with van der Waals surface area (Å²) < 4.78 is 17.9. The number of benzene rings is 2. The number of hydrogen-bond donors (Lipinski definition) is 0. The maximum absolute atomic E-state index is 6.29. The van der Waals surface area contributed by atoms with Crippen LogP contribution in [0.5, 0.6) is 5.75 Å². The Kier molecular flexibility index (Phi) is 4.76. The molecule has 4 heteroatoms. The maximum Gasteiger partial charge on any atom is 0.495 e. The molecule has 130 valence electrons. The molecule has 0 N–H and O–H groups in total. The van der Waals surface area contributed by atoms with Gasteiger partial charge < -0.3 is 14.0 Å². The number of ether oxygens (including phenoxy) is 1. The van der Waals surface area contributed by atoms with Crippen LogP contribution in [0.3, 0.4) is 0 Å². The van der Waals surface area contributed by atoms with Gasteiger partial charge in [-0.1, -0.05) is 48.5 Å². The van der Waals surface area contributed by atoms with Crippen molar-refractivity contribution >= 4 is 18.7 Å². The molecular weight excluding hydrogens is 311 g/mol. The van der Waals surface area contributed by atoms with Crippen molar-refractivity contribution in [1.29, 1.82) is 0 Å². The smallest absolute Gasteiger partial charge is 0.495 e. The summed E-state index contributed by atoms with van der Waals surface area (Å²) in [6.45, 7) is 8.28. The Hall–Kier alpha value is -2.04. The van der Waals surface area contributed by atoms with Crippen molar-refractivity contribution in [3.05, 3.63) is 65.7 Å². The molecule has 0 aliphatic carbocycles. The van der Waals surface area contributed by atoms with Gasteiger partial charge in [0.2, 0.25) is 0 Å². The Labute approximate surface area is 150 Å². The number of rotatable bonds is 4. The molecule has 2 aromatic carbocycles. The third-order valence-electron chi connectivity index (χ3n) is 5.03. The Bertz CT molecular complexity index is 750. The lowest BCUT2D eigenvalue weighted by atomic mass is 9.73. The van der Waals surface area contributed by atoms with Crippen LogP contribution in [-0.4, -0.2) is 25.4 Å². The lowest BCUT2D eigenvalue weighted by molar-refractivity contribution is 0.00578. The molecule has 0 spiro atoms. The maximum atomic E-state index is 6.29. The summed E-state index contributed by atoms with van der Waals surface area (Å²) in [5.41, 5.74) is 2.39. The predicted molar refractivity (Wildman–Crippen MR) is 103 cm³/mol. The topological polar surface area (TPSA) is 27.7 Å². The average molecular weight is 336 g/mol. The van der Waals surface area contributed by atoms with E-state index in [1.807, 2.05) is 36.4 Å². The standard InChI is InChI=1S/C21H25BO3/c1-20(2)21(3,4)25-22(24-20)19(17-11-7-6-8-12-17)15-16-10-9-13-18(14-16)23-5/h6-15H,1-5H3/b19-15+. The van der Waals surface area contributed by atoms with E-state index in [1.165, 1.54) is 0 Å². The van der Waals surface area contributed by atoms with Gasteiger partial charge in [0.05, 0.1) is 18.3 Å². The summed E-state index contributed by atoms with van der Waals surface area (Å²) in [7, 11) is 1.26. The molecule has 0 unspecified atom stereocenters. The molecule has 1 fully saturated rings. The SMILES string of the molecule is COc1cccc(/C=C(/B2OC(C)(C)C(C)(C)O2)c2ccccc2)c1. The van der Waals surface area contributed by atoms with Gasteiger partial charge in [-0.05, 0) is 56.4 Å². The molecule has 0 radical (unpaired) electrons. The van der Waals surface area contributed by atoms with Gasteiger partial charge in [-0.2, -0.15) is 0 Å². The van der Waals surface area contributed by atoms with Crippen molar-refractivity contribution in [2.75, 3.05) is 7.11 Å². The van der Waals surface area contributed by atoms with E-state index in [-0.39, 0.29) is 11.2 Å². The summed E-state index contributed by atoms with van der Waals surface area (Å²) in [6, 6.07) is 18.2. The van der Waals surface area contributed by atoms with Crippen LogP contribution in [-0.2, 0) is 9.31 Å². The normalized spacial score (nSPS) is 19.1. The fraction of sp³-hybridized carbons (Fsp3) is 0.333. The second kappa shape index (κ2) is 6.70. The van der Waals surface area contributed by atoms with Crippen LogP contribution in [0.4, 0.5) is 0 Å². The highest BCUT2D eigenvalue weighted by molar-refractivity contribution is 6.70. The van der Waals surface area contributed by atoms with Gasteiger partial charge in [0, 0.05) is 0 Å². The van der Waals surface area contributed by atoms with E-state index in [1.54, 1.807) is 7.11 Å². The average Bonchev–Trinajstić information content (AvgIpc) is 2.81. The van der Waals surface area contributed by atoms with Gasteiger partial charge in [0.15, 0.2) is 0 Å². The minimum Gasteiger partial charge on any atom is -0.497 e. The van der Waals surface area contributed by atoms with E-state index in [9.17, 15) is 0 Å². The van der Waals surface area contributed by atoms with Crippen molar-refractivity contribution in [2.45, 2.75) is 38.9 Å². The van der Waals surface area contributed by atoms with Crippen LogP contribution >= 0.6 is 0 Å². The molecule has 0 aromatic heterocycles. The largest absolute Gasteiger partial charge is 0.497 e. The Morgan fingerprint density at radius 1 is 0.920 bits per heavy atom. The van der Waals surface area contributed by atoms with Gasteiger partial charge in [0.25, 0.3) is 0 Å². The van der Waals surface area contributed by atoms with Gasteiger partial charge >= 0.3 is 7.12 Å². The van der Waals surface area contributed by atoms with E-state index in [0.29, 0.717) is 0 Å². The fourth-order valence-corrected chi connectivity index (χ4v) is 2.80. The Morgan fingerprint density at radius 3 is 2.16 bits per heavy atom. The molecular formula is C21H25BO3. The van der Waals surface area contributed by atoms with Crippen LogP contribution in [0.25, 0.3) is 11.5 Å². The van der Waals surface area contributed by atoms with Crippen LogP contribution in [0.1, 0.15) is 38.8 Å². The molecule has 1 saturated heterocycles. The lowest BCUT2D eigenvalue weighted by Crippen LogP contribution is -2.41. The van der Waals surface area contributed by atoms with Crippen molar-refractivity contribution in [1.82, 2.24) is 0 Å². The fourth-order valence-electron chi connectivity index (χ4n) is 2.80. The molecule has 1 aliphatic heterocycles. The van der Waals surface area contributed by atoms with Gasteiger partial charge in [0.1, 0.15) is 5.75 Å². The van der Waals surface area contributed by atoms with Gasteiger partial charge in [-0.3, -0.25) is 0 Å². The van der Waals surface area contributed by atoms with E-state index >= 15 is 0 Å². The van der Waals surface area contributed by atoms with Crippen molar-refractivity contribution in [3.63, 3.8) is 0 Å². The Morgan fingerprint density at radius 2 is 1.56 bits per heavy atom. The first-order valence-electron chi connectivity index (χ1n) is 8.59. The summed E-state index contributed by atoms with van der Waals surface area (Å²) >= 11 is 0. The second-order valence-electron chi connectivity index (χ2n) is 7.33. The first-order valence-corrected chi connectivity index (χ1v) is 8.59. The molecule has 0 saturated carbocycles. The third-order valence-corrected chi connectivity index (χ3v) is 5.03. The molecule has 2 aromatic rings. The van der Waals surface area contributed by atoms with Crippen LogP contribution in [0, 0.1) is 0 Å². The second-order valence-corrected chi connectivity index (χ2v) is 7.33. The van der Waals surface area contributed by atoms with Crippen molar-refractivity contribution < 1.29 is 14.0 Å². The Balaban J connectivity index is 2.04. The van der Waals surface area contributed by atoms with E-state index in [4.69, 9.17) is 14.0 Å². The zero-order valence-electron chi connectivity index (χ0n) is 15.6. The van der Waals surface area contributed by atoms with Crippen LogP contribution < -0.4 is 4.74 Å². The lowest BCUT2D eigenvalue weighted by Gasteiger charge is -2.32. The number of hydrogen-bond acceptors (Lipinski definition) is 3. The predicted octanol–water partition coefficient (Wildman–Crippen LogP) is 4.87. The first kappa shape index (κ1) is 17.8. The summed E-state index contributed by atoms with van der Waals surface area (Å²) in [6.07, 6.45) is 2.11. The molecule has 0 bridgehead atoms. The molecule has 3 rings (SSSR count). The zero-order chi connectivity index (χ0) is 18.1. The minimum atomic E-state index is -0.418. The van der Waals surface area contributed by atoms with Crippen LogP contribution in [0.2, 0.25) is 0 Å². The summed E-state index contributed by atoms with van der Waals surface area (Å²) in [5.74, 6) is 0.829. The zero-order valence-corrected chi connectivity index (χ0v) is 15.6. The highest BCUT2D eigenvalue weighted by Gasteiger charge is 2.52. The van der Waals surface area contributed by atoms with E-state index in [0.717, 1.165) is 22.3 Å². The van der Waals surface area contributed by atoms with Crippen molar-refractivity contribution in [3.8, 4) is 5.75 Å².